The van der Waals surface area contributed by atoms with Gasteiger partial charge in [-0.1, -0.05) is 63.6 Å². The van der Waals surface area contributed by atoms with Gasteiger partial charge in [-0.3, -0.25) is 4.79 Å². The van der Waals surface area contributed by atoms with Crippen LogP contribution < -0.4 is 11.1 Å². The molecule has 1 amide bonds. The van der Waals surface area contributed by atoms with E-state index >= 15 is 0 Å². The number of halogens is 1. The van der Waals surface area contributed by atoms with E-state index in [-0.39, 0.29) is 11.6 Å². The van der Waals surface area contributed by atoms with Crippen LogP contribution in [-0.2, 0) is 11.3 Å². The van der Waals surface area contributed by atoms with Crippen molar-refractivity contribution >= 4 is 23.4 Å². The number of carbonyl (C=O) groups is 1. The van der Waals surface area contributed by atoms with Crippen LogP contribution in [0.4, 0.5) is 15.8 Å². The standard InChI is InChI=1S/C26H32FN3O.C2H6/c1-4-21-13-18(2)14-22(21)17-30(3)16-20-7-5-19(6-8-20)9-12-26(31)29-25-11-10-23(27)15-24(25)28;1-2/h5-12,15,21-22H,2,4,13-14,16-17,28H2,1,3H3,(H,29,31);1-2H3/b12-9+;. The molecule has 33 heavy (non-hydrogen) atoms. The van der Waals surface area contributed by atoms with Crippen molar-refractivity contribution in [3.05, 3.63) is 77.6 Å². The average molecular weight is 452 g/mol. The molecule has 178 valence electrons. The summed E-state index contributed by atoms with van der Waals surface area (Å²) in [5.41, 5.74) is 9.89. The van der Waals surface area contributed by atoms with Crippen molar-refractivity contribution in [2.75, 3.05) is 24.6 Å². The van der Waals surface area contributed by atoms with Crippen molar-refractivity contribution < 1.29 is 9.18 Å². The molecule has 0 radical (unpaired) electrons. The van der Waals surface area contributed by atoms with Gasteiger partial charge >= 0.3 is 0 Å². The zero-order valence-electron chi connectivity index (χ0n) is 20.4. The lowest BCUT2D eigenvalue weighted by Crippen LogP contribution is -2.27. The van der Waals surface area contributed by atoms with Gasteiger partial charge < -0.3 is 16.0 Å². The first-order valence-electron chi connectivity index (χ1n) is 11.8. The highest BCUT2D eigenvalue weighted by Crippen LogP contribution is 2.37. The predicted molar refractivity (Wildman–Crippen MR) is 138 cm³/mol. The summed E-state index contributed by atoms with van der Waals surface area (Å²) in [6.07, 6.45) is 6.75. The Kier molecular flexibility index (Phi) is 10.3. The van der Waals surface area contributed by atoms with Crippen molar-refractivity contribution in [1.29, 1.82) is 0 Å². The first-order chi connectivity index (χ1) is 15.8. The molecule has 1 fully saturated rings. The van der Waals surface area contributed by atoms with E-state index in [9.17, 15) is 9.18 Å². The molecular formula is C28H38FN3O. The van der Waals surface area contributed by atoms with Crippen molar-refractivity contribution in [1.82, 2.24) is 4.90 Å². The predicted octanol–water partition coefficient (Wildman–Crippen LogP) is 6.51. The second kappa shape index (κ2) is 12.9. The number of hydrogen-bond acceptors (Lipinski definition) is 3. The van der Waals surface area contributed by atoms with Crippen molar-refractivity contribution in [2.45, 2.75) is 46.6 Å². The number of rotatable bonds is 8. The molecule has 4 nitrogen and oxygen atoms in total. The highest BCUT2D eigenvalue weighted by Gasteiger charge is 2.28. The van der Waals surface area contributed by atoms with Crippen molar-refractivity contribution in [3.63, 3.8) is 0 Å². The minimum absolute atomic E-state index is 0.197. The number of nitrogen functional groups attached to an aromatic ring is 1. The van der Waals surface area contributed by atoms with Gasteiger partial charge in [0, 0.05) is 19.2 Å². The van der Waals surface area contributed by atoms with E-state index in [0.717, 1.165) is 31.0 Å². The molecule has 0 aliphatic heterocycles. The number of allylic oxidation sites excluding steroid dienone is 1. The Morgan fingerprint density at radius 2 is 1.85 bits per heavy atom. The Labute approximate surface area is 198 Å². The van der Waals surface area contributed by atoms with Crippen LogP contribution in [0.25, 0.3) is 6.08 Å². The number of hydrogen-bond donors (Lipinski definition) is 2. The number of nitrogens with one attached hydrogen (secondary N) is 1. The number of benzene rings is 2. The van der Waals surface area contributed by atoms with E-state index in [0.29, 0.717) is 11.6 Å². The molecule has 0 aromatic heterocycles. The van der Waals surface area contributed by atoms with Crippen LogP contribution in [-0.4, -0.2) is 24.4 Å². The number of anilines is 2. The van der Waals surface area contributed by atoms with Gasteiger partial charge in [0.25, 0.3) is 0 Å². The first kappa shape index (κ1) is 26.3. The minimum atomic E-state index is -0.435. The summed E-state index contributed by atoms with van der Waals surface area (Å²) in [6, 6.07) is 12.1. The van der Waals surface area contributed by atoms with Crippen LogP contribution in [0.2, 0.25) is 0 Å². The van der Waals surface area contributed by atoms with E-state index < -0.39 is 5.82 Å². The molecule has 3 rings (SSSR count). The second-order valence-electron chi connectivity index (χ2n) is 8.58. The van der Waals surface area contributed by atoms with Gasteiger partial charge in [0.15, 0.2) is 0 Å². The van der Waals surface area contributed by atoms with Crippen LogP contribution in [0.3, 0.4) is 0 Å². The lowest BCUT2D eigenvalue weighted by Gasteiger charge is -2.24. The van der Waals surface area contributed by atoms with Gasteiger partial charge in [-0.05, 0) is 67.1 Å². The Morgan fingerprint density at radius 3 is 2.48 bits per heavy atom. The van der Waals surface area contributed by atoms with Crippen LogP contribution in [0, 0.1) is 17.7 Å². The Hall–Kier alpha value is -2.92. The van der Waals surface area contributed by atoms with Crippen LogP contribution in [0.1, 0.15) is 51.2 Å². The summed E-state index contributed by atoms with van der Waals surface area (Å²) in [5.74, 6) is 0.721. The molecule has 0 spiro atoms. The second-order valence-corrected chi connectivity index (χ2v) is 8.58. The lowest BCUT2D eigenvalue weighted by molar-refractivity contribution is -0.111. The fourth-order valence-corrected chi connectivity index (χ4v) is 4.35. The Morgan fingerprint density at radius 1 is 1.18 bits per heavy atom. The summed E-state index contributed by atoms with van der Waals surface area (Å²) >= 11 is 0. The van der Waals surface area contributed by atoms with Gasteiger partial charge in [-0.15, -0.1) is 0 Å². The SMILES string of the molecule is C=C1CC(CC)C(CN(C)Cc2ccc(/C=C/C(=O)Nc3ccc(F)cc3N)cc2)C1.CC. The number of carbonyl (C=O) groups excluding carboxylic acids is 1. The zero-order chi connectivity index (χ0) is 24.4. The average Bonchev–Trinajstić information content (AvgIpc) is 3.15. The topological polar surface area (TPSA) is 58.4 Å². The van der Waals surface area contributed by atoms with Gasteiger partial charge in [0.05, 0.1) is 11.4 Å². The van der Waals surface area contributed by atoms with E-state index in [1.807, 2.05) is 26.0 Å². The quantitative estimate of drug-likeness (QED) is 0.273. The minimum Gasteiger partial charge on any atom is -0.397 e. The molecule has 2 aromatic rings. The summed E-state index contributed by atoms with van der Waals surface area (Å²) < 4.78 is 13.1. The fourth-order valence-electron chi connectivity index (χ4n) is 4.35. The molecule has 0 bridgehead atoms. The van der Waals surface area contributed by atoms with Crippen LogP contribution in [0.5, 0.6) is 0 Å². The third kappa shape index (κ3) is 8.17. The normalized spacial score (nSPS) is 17.8. The molecule has 2 unspecified atom stereocenters. The monoisotopic (exact) mass is 451 g/mol. The summed E-state index contributed by atoms with van der Waals surface area (Å²) in [5, 5.41) is 2.66. The van der Waals surface area contributed by atoms with Crippen molar-refractivity contribution in [2.24, 2.45) is 11.8 Å². The summed E-state index contributed by atoms with van der Waals surface area (Å²) in [4.78, 5) is 14.5. The van der Waals surface area contributed by atoms with E-state index in [2.05, 4.69) is 42.9 Å². The van der Waals surface area contributed by atoms with Crippen LogP contribution >= 0.6 is 0 Å². The lowest BCUT2D eigenvalue weighted by atomic mass is 9.93. The molecule has 2 atom stereocenters. The van der Waals surface area contributed by atoms with Gasteiger partial charge in [0.2, 0.25) is 5.91 Å². The number of nitrogens with zero attached hydrogens (tertiary/aromatic N) is 1. The molecule has 1 aliphatic rings. The maximum atomic E-state index is 13.1. The third-order valence-corrected chi connectivity index (χ3v) is 5.97. The number of amides is 1. The molecule has 2 aromatic carbocycles. The zero-order valence-corrected chi connectivity index (χ0v) is 20.4. The Bertz CT molecular complexity index is 952. The van der Waals surface area contributed by atoms with Gasteiger partial charge in [0.1, 0.15) is 5.82 Å². The fraction of sp³-hybridized carbons (Fsp3) is 0.393. The van der Waals surface area contributed by atoms with E-state index in [1.54, 1.807) is 6.08 Å². The molecule has 1 saturated carbocycles. The highest BCUT2D eigenvalue weighted by atomic mass is 19.1. The first-order valence-corrected chi connectivity index (χ1v) is 11.8. The largest absolute Gasteiger partial charge is 0.397 e. The molecule has 1 aliphatic carbocycles. The maximum Gasteiger partial charge on any atom is 0.248 e. The molecule has 0 heterocycles. The maximum absolute atomic E-state index is 13.1. The third-order valence-electron chi connectivity index (χ3n) is 5.97. The van der Waals surface area contributed by atoms with Crippen molar-refractivity contribution in [3.8, 4) is 0 Å². The van der Waals surface area contributed by atoms with Gasteiger partial charge in [-0.2, -0.15) is 0 Å². The molecule has 5 heteroatoms. The highest BCUT2D eigenvalue weighted by molar-refractivity contribution is 6.03. The summed E-state index contributed by atoms with van der Waals surface area (Å²) in [6.45, 7) is 12.5. The summed E-state index contributed by atoms with van der Waals surface area (Å²) in [7, 11) is 2.17. The number of nitrogens with two attached hydrogens (primary N) is 1. The molecule has 0 saturated heterocycles. The smallest absolute Gasteiger partial charge is 0.248 e. The van der Waals surface area contributed by atoms with Gasteiger partial charge in [-0.25, -0.2) is 4.39 Å². The molecular weight excluding hydrogens is 413 g/mol. The molecule has 3 N–H and O–H groups in total. The Balaban J connectivity index is 0.00000187. The van der Waals surface area contributed by atoms with E-state index in [4.69, 9.17) is 5.73 Å². The van der Waals surface area contributed by atoms with Crippen LogP contribution in [0.15, 0.2) is 60.7 Å². The van der Waals surface area contributed by atoms with E-state index in [1.165, 1.54) is 48.3 Å².